The van der Waals surface area contributed by atoms with E-state index in [-0.39, 0.29) is 11.8 Å². The van der Waals surface area contributed by atoms with E-state index in [9.17, 15) is 9.59 Å². The van der Waals surface area contributed by atoms with Crippen LogP contribution in [-0.4, -0.2) is 51.1 Å². The molecule has 0 aliphatic carbocycles. The zero-order valence-electron chi connectivity index (χ0n) is 18.1. The van der Waals surface area contributed by atoms with Crippen molar-refractivity contribution in [2.45, 2.75) is 25.4 Å². The lowest BCUT2D eigenvalue weighted by atomic mass is 10.0. The third-order valence-electron chi connectivity index (χ3n) is 6.76. The molecule has 0 spiro atoms. The summed E-state index contributed by atoms with van der Waals surface area (Å²) in [6.07, 6.45) is 2.97. The number of likely N-dealkylation sites (N-methyl/N-ethyl adjacent to an activating group) is 1. The van der Waals surface area contributed by atoms with E-state index in [2.05, 4.69) is 10.1 Å². The molecular weight excluding hydrogens is 438 g/mol. The number of aromatic nitrogens is 3. The number of halogens is 1. The van der Waals surface area contributed by atoms with Crippen LogP contribution in [0.2, 0.25) is 5.15 Å². The van der Waals surface area contributed by atoms with Crippen molar-refractivity contribution in [2.75, 3.05) is 18.5 Å². The minimum Gasteiger partial charge on any atom is -0.361 e. The number of hydrogen-bond donors (Lipinski definition) is 1. The molecule has 6 rings (SSSR count). The van der Waals surface area contributed by atoms with E-state index in [4.69, 9.17) is 11.6 Å². The molecule has 4 heterocycles. The van der Waals surface area contributed by atoms with Gasteiger partial charge >= 0.3 is 0 Å². The first-order valence-corrected chi connectivity index (χ1v) is 11.4. The topological polar surface area (TPSA) is 74.2 Å². The van der Waals surface area contributed by atoms with Gasteiger partial charge in [0.05, 0.1) is 12.2 Å². The fourth-order valence-corrected chi connectivity index (χ4v) is 5.34. The molecular formula is C25H22ClN5O2. The number of aromatic amines is 1. The summed E-state index contributed by atoms with van der Waals surface area (Å²) in [6.45, 7) is 0.915. The minimum atomic E-state index is -0.597. The number of rotatable bonds is 3. The monoisotopic (exact) mass is 459 g/mol. The van der Waals surface area contributed by atoms with Crippen molar-refractivity contribution in [2.24, 2.45) is 0 Å². The second-order valence-corrected chi connectivity index (χ2v) is 9.00. The predicted molar refractivity (Wildman–Crippen MR) is 127 cm³/mol. The predicted octanol–water partition coefficient (Wildman–Crippen LogP) is 3.65. The van der Waals surface area contributed by atoms with Gasteiger partial charge in [-0.3, -0.25) is 9.59 Å². The molecule has 2 aromatic carbocycles. The highest BCUT2D eigenvalue weighted by atomic mass is 35.5. The Labute approximate surface area is 195 Å². The largest absolute Gasteiger partial charge is 0.361 e. The first-order valence-electron chi connectivity index (χ1n) is 11.0. The van der Waals surface area contributed by atoms with Crippen LogP contribution in [0.5, 0.6) is 0 Å². The molecule has 0 saturated heterocycles. The van der Waals surface area contributed by atoms with Crippen LogP contribution in [-0.2, 0) is 24.2 Å². The molecule has 2 amide bonds. The van der Waals surface area contributed by atoms with Crippen molar-refractivity contribution in [3.05, 3.63) is 82.3 Å². The summed E-state index contributed by atoms with van der Waals surface area (Å²) in [4.78, 5) is 33.7. The number of anilines is 1. The molecule has 7 nitrogen and oxygen atoms in total. The fraction of sp³-hybridized carbons (Fsp3) is 0.240. The zero-order valence-corrected chi connectivity index (χ0v) is 18.8. The molecule has 0 unspecified atom stereocenters. The van der Waals surface area contributed by atoms with Gasteiger partial charge in [-0.1, -0.05) is 48.0 Å². The minimum absolute atomic E-state index is 0.0923. The second kappa shape index (κ2) is 7.49. The van der Waals surface area contributed by atoms with Crippen LogP contribution in [0.25, 0.3) is 10.9 Å². The van der Waals surface area contributed by atoms with Crippen LogP contribution in [0.4, 0.5) is 5.69 Å². The molecule has 2 aromatic heterocycles. The van der Waals surface area contributed by atoms with E-state index in [1.54, 1.807) is 21.5 Å². The van der Waals surface area contributed by atoms with Gasteiger partial charge in [-0.05, 0) is 29.7 Å². The summed E-state index contributed by atoms with van der Waals surface area (Å²) >= 11 is 6.62. The van der Waals surface area contributed by atoms with Crippen LogP contribution in [0.3, 0.4) is 0 Å². The Morgan fingerprint density at radius 2 is 1.94 bits per heavy atom. The number of nitrogens with zero attached hydrogens (tertiary/aromatic N) is 4. The highest BCUT2D eigenvalue weighted by molar-refractivity contribution is 6.31. The summed E-state index contributed by atoms with van der Waals surface area (Å²) in [5.41, 5.74) is 5.04. The molecule has 166 valence electrons. The first kappa shape index (κ1) is 20.1. The van der Waals surface area contributed by atoms with Crippen LogP contribution < -0.4 is 4.90 Å². The molecule has 33 heavy (non-hydrogen) atoms. The molecule has 1 atom stereocenters. The molecule has 0 radical (unpaired) electrons. The Balaban J connectivity index is 1.34. The SMILES string of the molecule is CN1C(=O)[C@@H](N2CCc3c(nn(Cc4ccccc4)c3Cl)C2=O)Cc2c[nH]c3cccc1c23. The molecule has 4 aromatic rings. The number of hydrogen-bond acceptors (Lipinski definition) is 3. The van der Waals surface area contributed by atoms with Crippen LogP contribution in [0.1, 0.15) is 27.2 Å². The van der Waals surface area contributed by atoms with E-state index in [1.165, 1.54) is 0 Å². The van der Waals surface area contributed by atoms with E-state index in [1.807, 2.05) is 54.7 Å². The van der Waals surface area contributed by atoms with E-state index >= 15 is 0 Å². The first-order chi connectivity index (χ1) is 16.0. The zero-order chi connectivity index (χ0) is 22.7. The van der Waals surface area contributed by atoms with Crippen molar-refractivity contribution in [1.29, 1.82) is 0 Å². The van der Waals surface area contributed by atoms with Crippen molar-refractivity contribution in [3.63, 3.8) is 0 Å². The van der Waals surface area contributed by atoms with Crippen LogP contribution in [0.15, 0.2) is 54.7 Å². The Morgan fingerprint density at radius 1 is 1.12 bits per heavy atom. The third-order valence-corrected chi connectivity index (χ3v) is 7.18. The standard InChI is InChI=1S/C25H22ClN5O2/c1-29-19-9-5-8-18-21(19)16(13-27-18)12-20(24(29)32)30-11-10-17-22(25(30)33)28-31(23(17)26)14-15-6-3-2-4-7-15/h2-9,13,20,27H,10-12,14H2,1H3/t20-/m0/s1. The Kier molecular flexibility index (Phi) is 4.55. The number of H-pyrrole nitrogens is 1. The number of amides is 2. The van der Waals surface area contributed by atoms with E-state index in [0.29, 0.717) is 36.8 Å². The summed E-state index contributed by atoms with van der Waals surface area (Å²) in [7, 11) is 1.78. The number of carbonyl (C=O) groups is 2. The number of nitrogens with one attached hydrogen (secondary N) is 1. The summed E-state index contributed by atoms with van der Waals surface area (Å²) in [6, 6.07) is 15.2. The van der Waals surface area contributed by atoms with Gasteiger partial charge in [-0.25, -0.2) is 4.68 Å². The highest BCUT2D eigenvalue weighted by Gasteiger charge is 2.40. The highest BCUT2D eigenvalue weighted by Crippen LogP contribution is 2.35. The summed E-state index contributed by atoms with van der Waals surface area (Å²) in [5, 5.41) is 6.10. The number of carbonyl (C=O) groups excluding carboxylic acids is 2. The molecule has 0 bridgehead atoms. The molecule has 2 aliphatic rings. The number of fused-ring (bicyclic) bond motifs is 1. The van der Waals surface area contributed by atoms with Gasteiger partial charge in [0.1, 0.15) is 11.2 Å². The maximum Gasteiger partial charge on any atom is 0.275 e. The molecule has 8 heteroatoms. The molecule has 0 saturated carbocycles. The molecule has 2 aliphatic heterocycles. The van der Waals surface area contributed by atoms with Crippen molar-refractivity contribution in [3.8, 4) is 0 Å². The molecule has 0 fully saturated rings. The van der Waals surface area contributed by atoms with Gasteiger partial charge in [0, 0.05) is 42.7 Å². The summed E-state index contributed by atoms with van der Waals surface area (Å²) in [5.74, 6) is -0.334. The maximum absolute atomic E-state index is 13.6. The quantitative estimate of drug-likeness (QED) is 0.508. The lowest BCUT2D eigenvalue weighted by molar-refractivity contribution is -0.122. The van der Waals surface area contributed by atoms with Crippen LogP contribution >= 0.6 is 11.6 Å². The van der Waals surface area contributed by atoms with Gasteiger partial charge in [-0.2, -0.15) is 5.10 Å². The Hall–Kier alpha value is -3.58. The third kappa shape index (κ3) is 3.07. The van der Waals surface area contributed by atoms with Crippen LogP contribution in [0, 0.1) is 0 Å². The van der Waals surface area contributed by atoms with Crippen molar-refractivity contribution >= 4 is 40.0 Å². The van der Waals surface area contributed by atoms with E-state index in [0.717, 1.165) is 33.3 Å². The lowest BCUT2D eigenvalue weighted by Gasteiger charge is -2.34. The van der Waals surface area contributed by atoms with E-state index < -0.39 is 6.04 Å². The smallest absolute Gasteiger partial charge is 0.275 e. The average Bonchev–Trinajstić information content (AvgIpc) is 3.36. The number of benzene rings is 2. The lowest BCUT2D eigenvalue weighted by Crippen LogP contribution is -2.53. The van der Waals surface area contributed by atoms with Gasteiger partial charge in [0.25, 0.3) is 5.91 Å². The van der Waals surface area contributed by atoms with Gasteiger partial charge in [0.15, 0.2) is 5.69 Å². The normalized spacial score (nSPS) is 18.1. The Bertz CT molecular complexity index is 1410. The molecule has 1 N–H and O–H groups in total. The average molecular weight is 460 g/mol. The van der Waals surface area contributed by atoms with Crippen molar-refractivity contribution in [1.82, 2.24) is 19.7 Å². The van der Waals surface area contributed by atoms with Crippen molar-refractivity contribution < 1.29 is 9.59 Å². The van der Waals surface area contributed by atoms with Gasteiger partial charge in [0.2, 0.25) is 5.91 Å². The fourth-order valence-electron chi connectivity index (χ4n) is 5.06. The maximum atomic E-state index is 13.6. The second-order valence-electron chi connectivity index (χ2n) is 8.64. The van der Waals surface area contributed by atoms with Gasteiger partial charge < -0.3 is 14.8 Å². The van der Waals surface area contributed by atoms with Gasteiger partial charge in [-0.15, -0.1) is 0 Å². The Morgan fingerprint density at radius 3 is 2.76 bits per heavy atom. The summed E-state index contributed by atoms with van der Waals surface area (Å²) < 4.78 is 1.68.